The third-order valence-corrected chi connectivity index (χ3v) is 5.91. The number of amides is 1. The van der Waals surface area contributed by atoms with Crippen molar-refractivity contribution >= 4 is 35.3 Å². The van der Waals surface area contributed by atoms with E-state index >= 15 is 0 Å². The summed E-state index contributed by atoms with van der Waals surface area (Å²) in [7, 11) is 0. The summed E-state index contributed by atoms with van der Waals surface area (Å²) in [4.78, 5) is 16.9. The lowest BCUT2D eigenvalue weighted by atomic mass is 10.1. The van der Waals surface area contributed by atoms with E-state index in [0.29, 0.717) is 25.3 Å². The Kier molecular flexibility index (Phi) is 7.16. The molecular weight excluding hydrogens is 376 g/mol. The Morgan fingerprint density at radius 2 is 1.82 bits per heavy atom. The van der Waals surface area contributed by atoms with Gasteiger partial charge in [-0.1, -0.05) is 0 Å². The van der Waals surface area contributed by atoms with Crippen LogP contribution in [0.5, 0.6) is 0 Å². The van der Waals surface area contributed by atoms with Crippen LogP contribution in [-0.2, 0) is 4.79 Å². The molecule has 2 heterocycles. The van der Waals surface area contributed by atoms with Gasteiger partial charge in [0.1, 0.15) is 0 Å². The van der Waals surface area contributed by atoms with Crippen molar-refractivity contribution < 1.29 is 9.90 Å². The third kappa shape index (κ3) is 5.87. The van der Waals surface area contributed by atoms with Crippen LogP contribution < -0.4 is 10.6 Å². The Hall–Kier alpha value is -2.26. The van der Waals surface area contributed by atoms with Gasteiger partial charge in [-0.15, -0.1) is 11.8 Å². The minimum absolute atomic E-state index is 0.00655. The van der Waals surface area contributed by atoms with Crippen LogP contribution in [-0.4, -0.2) is 70.8 Å². The first-order valence-corrected chi connectivity index (χ1v) is 10.6. The van der Waals surface area contributed by atoms with Gasteiger partial charge in [-0.2, -0.15) is 0 Å². The molecule has 2 fully saturated rings. The fourth-order valence-corrected chi connectivity index (χ4v) is 4.13. The van der Waals surface area contributed by atoms with Crippen molar-refractivity contribution in [2.75, 3.05) is 37.2 Å². The summed E-state index contributed by atoms with van der Waals surface area (Å²) in [6.45, 7) is 2.79. The number of nitrogens with zero attached hydrogens (tertiary/aromatic N) is 2. The molecule has 0 radical (unpaired) electrons. The predicted molar refractivity (Wildman–Crippen MR) is 112 cm³/mol. The first-order valence-electron chi connectivity index (χ1n) is 9.66. The number of aliphatic hydroxyl groups excluding tert-OH is 1. The lowest BCUT2D eigenvalue weighted by Crippen LogP contribution is -2.44. The number of guanidine groups is 2. The molecule has 0 aromatic heterocycles. The van der Waals surface area contributed by atoms with Gasteiger partial charge in [0.05, 0.1) is 11.9 Å². The van der Waals surface area contributed by atoms with E-state index in [1.165, 1.54) is 18.2 Å². The Balaban J connectivity index is 1.41. The van der Waals surface area contributed by atoms with Crippen molar-refractivity contribution in [3.63, 3.8) is 0 Å². The summed E-state index contributed by atoms with van der Waals surface area (Å²) < 4.78 is 0. The second-order valence-corrected chi connectivity index (χ2v) is 8.17. The van der Waals surface area contributed by atoms with Gasteiger partial charge in [-0.3, -0.25) is 20.9 Å². The van der Waals surface area contributed by atoms with Gasteiger partial charge >= 0.3 is 0 Å². The van der Waals surface area contributed by atoms with Crippen molar-refractivity contribution in [1.82, 2.24) is 15.1 Å². The normalized spacial score (nSPS) is 19.4. The molecule has 1 aromatic carbocycles. The van der Waals surface area contributed by atoms with Crippen LogP contribution in [0.1, 0.15) is 25.7 Å². The maximum absolute atomic E-state index is 12.2. The number of nitrogens with one attached hydrogen (secondary N) is 4. The minimum atomic E-state index is -0.406. The van der Waals surface area contributed by atoms with Crippen LogP contribution in [0, 0.1) is 10.8 Å². The van der Waals surface area contributed by atoms with Crippen LogP contribution in [0.2, 0.25) is 0 Å². The van der Waals surface area contributed by atoms with Gasteiger partial charge in [0.15, 0.2) is 11.9 Å². The van der Waals surface area contributed by atoms with E-state index in [-0.39, 0.29) is 17.8 Å². The van der Waals surface area contributed by atoms with Crippen LogP contribution >= 0.6 is 11.8 Å². The van der Waals surface area contributed by atoms with Gasteiger partial charge in [0, 0.05) is 36.8 Å². The Morgan fingerprint density at radius 3 is 2.46 bits per heavy atom. The number of carbonyl (C=O) groups excluding carboxylic acids is 1. The largest absolute Gasteiger partial charge is 0.391 e. The number of hydrogen-bond donors (Lipinski definition) is 5. The SMILES string of the molecule is N=C(NC(=N)N1CC[C@H](O)C1)Nc1ccc(SCC(=O)N2CCCCC2)cc1. The smallest absolute Gasteiger partial charge is 0.232 e. The number of carbonyl (C=O) groups is 1. The number of piperidine rings is 1. The summed E-state index contributed by atoms with van der Waals surface area (Å²) in [6.07, 6.45) is 3.66. The van der Waals surface area contributed by atoms with Crippen LogP contribution in [0.4, 0.5) is 5.69 Å². The van der Waals surface area contributed by atoms with Gasteiger partial charge in [-0.25, -0.2) is 0 Å². The Morgan fingerprint density at radius 1 is 1.11 bits per heavy atom. The summed E-state index contributed by atoms with van der Waals surface area (Å²) in [5.74, 6) is 0.760. The van der Waals surface area contributed by atoms with Crippen LogP contribution in [0.3, 0.4) is 0 Å². The van der Waals surface area contributed by atoms with E-state index in [9.17, 15) is 9.90 Å². The molecule has 2 saturated heterocycles. The summed E-state index contributed by atoms with van der Waals surface area (Å²) >= 11 is 1.52. The van der Waals surface area contributed by atoms with Gasteiger partial charge < -0.3 is 20.2 Å². The summed E-state index contributed by atoms with van der Waals surface area (Å²) in [6, 6.07) is 7.55. The van der Waals surface area contributed by atoms with Gasteiger partial charge in [0.2, 0.25) is 5.91 Å². The standard InChI is InChI=1S/C19H28N6O2S/c20-18(23-19(21)25-11-8-15(26)12-25)22-14-4-6-16(7-5-14)28-13-17(27)24-9-2-1-3-10-24/h4-7,15,26H,1-3,8-13H2,(H4,20,21,22,23)/t15-/m0/s1. The van der Waals surface area contributed by atoms with E-state index < -0.39 is 6.10 Å². The Labute approximate surface area is 169 Å². The number of rotatable bonds is 4. The Bertz CT molecular complexity index is 705. The average molecular weight is 405 g/mol. The zero-order valence-corrected chi connectivity index (χ0v) is 16.7. The van der Waals surface area contributed by atoms with Gasteiger partial charge in [-0.05, 0) is 49.9 Å². The molecule has 0 aliphatic carbocycles. The lowest BCUT2D eigenvalue weighted by Gasteiger charge is -2.26. The van der Waals surface area contributed by atoms with Crippen molar-refractivity contribution in [2.45, 2.75) is 36.7 Å². The lowest BCUT2D eigenvalue weighted by molar-refractivity contribution is -0.129. The molecule has 0 spiro atoms. The van der Waals surface area contributed by atoms with E-state index in [4.69, 9.17) is 10.8 Å². The molecule has 9 heteroatoms. The van der Waals surface area contributed by atoms with E-state index in [1.54, 1.807) is 4.90 Å². The van der Waals surface area contributed by atoms with E-state index in [2.05, 4.69) is 10.6 Å². The minimum Gasteiger partial charge on any atom is -0.391 e. The summed E-state index contributed by atoms with van der Waals surface area (Å²) in [5.41, 5.74) is 0.735. The average Bonchev–Trinajstić information content (AvgIpc) is 3.14. The van der Waals surface area contributed by atoms with Crippen molar-refractivity contribution in [3.8, 4) is 0 Å². The number of benzene rings is 1. The molecular formula is C19H28N6O2S. The highest BCUT2D eigenvalue weighted by Gasteiger charge is 2.22. The molecule has 0 unspecified atom stereocenters. The fourth-order valence-electron chi connectivity index (χ4n) is 3.33. The summed E-state index contributed by atoms with van der Waals surface area (Å²) in [5, 5.41) is 31.1. The topological polar surface area (TPSA) is 116 Å². The number of thioether (sulfide) groups is 1. The van der Waals surface area contributed by atoms with Crippen LogP contribution in [0.15, 0.2) is 29.2 Å². The highest BCUT2D eigenvalue weighted by molar-refractivity contribution is 8.00. The predicted octanol–water partition coefficient (Wildman–Crippen LogP) is 1.73. The van der Waals surface area contributed by atoms with Crippen molar-refractivity contribution in [2.24, 2.45) is 0 Å². The molecule has 152 valence electrons. The first-order chi connectivity index (χ1) is 13.5. The molecule has 2 aliphatic rings. The molecule has 8 nitrogen and oxygen atoms in total. The second-order valence-electron chi connectivity index (χ2n) is 7.12. The molecule has 5 N–H and O–H groups in total. The molecule has 0 bridgehead atoms. The zero-order chi connectivity index (χ0) is 19.9. The third-order valence-electron chi connectivity index (χ3n) is 4.92. The first kappa shape index (κ1) is 20.5. The number of aliphatic hydroxyl groups is 1. The molecule has 2 aliphatic heterocycles. The monoisotopic (exact) mass is 404 g/mol. The highest BCUT2D eigenvalue weighted by atomic mass is 32.2. The molecule has 28 heavy (non-hydrogen) atoms. The molecule has 1 atom stereocenters. The molecule has 3 rings (SSSR count). The zero-order valence-electron chi connectivity index (χ0n) is 15.9. The fraction of sp³-hybridized carbons (Fsp3) is 0.526. The molecule has 1 aromatic rings. The number of likely N-dealkylation sites (tertiary alicyclic amines) is 2. The molecule has 0 saturated carbocycles. The number of anilines is 1. The maximum atomic E-state index is 12.2. The highest BCUT2D eigenvalue weighted by Crippen LogP contribution is 2.21. The number of β-amino-alcohol motifs (C(OH)–C–C–N with tert-alkyl or cyclic N) is 1. The van der Waals surface area contributed by atoms with Crippen molar-refractivity contribution in [3.05, 3.63) is 24.3 Å². The van der Waals surface area contributed by atoms with Gasteiger partial charge in [0.25, 0.3) is 0 Å². The maximum Gasteiger partial charge on any atom is 0.232 e. The quantitative estimate of drug-likeness (QED) is 0.297. The number of hydrogen-bond acceptors (Lipinski definition) is 5. The second kappa shape index (κ2) is 9.79. The van der Waals surface area contributed by atoms with E-state index in [0.717, 1.165) is 36.5 Å². The molecule has 1 amide bonds. The van der Waals surface area contributed by atoms with E-state index in [1.807, 2.05) is 29.2 Å². The van der Waals surface area contributed by atoms with Crippen LogP contribution in [0.25, 0.3) is 0 Å². The van der Waals surface area contributed by atoms with Crippen molar-refractivity contribution in [1.29, 1.82) is 10.8 Å².